The predicted molar refractivity (Wildman–Crippen MR) is 33.8 cm³/mol. The molecule has 0 aliphatic rings. The van der Waals surface area contributed by atoms with Crippen LogP contribution in [0.1, 0.15) is 6.92 Å². The van der Waals surface area contributed by atoms with Gasteiger partial charge in [0.2, 0.25) is 0 Å². The average Bonchev–Trinajstić information content (AvgIpc) is 1.73. The van der Waals surface area contributed by atoms with E-state index in [4.69, 9.17) is 29.5 Å². The molecule has 0 aromatic carbocycles. The first-order valence-corrected chi connectivity index (χ1v) is 9.65. The normalized spacial score (nSPS) is 6.29. The number of rotatable bonds is 1. The van der Waals surface area contributed by atoms with E-state index in [0.29, 0.717) is 0 Å². The van der Waals surface area contributed by atoms with Gasteiger partial charge in [0.05, 0.1) is 0 Å². The minimum absolute atomic E-state index is 0.975. The van der Waals surface area contributed by atoms with Crippen LogP contribution in [0.4, 0.5) is 0 Å². The number of hydrogen-bond donors (Lipinski definition) is 0. The Hall–Kier alpha value is 2.09. The second kappa shape index (κ2) is 11.0. The van der Waals surface area contributed by atoms with Crippen molar-refractivity contribution in [3.63, 3.8) is 0 Å². The van der Waals surface area contributed by atoms with E-state index in [9.17, 15) is 0 Å². The van der Waals surface area contributed by atoms with E-state index in [2.05, 4.69) is 0 Å². The predicted octanol–water partition coefficient (Wildman–Crippen LogP) is 2.66. The zero-order valence-corrected chi connectivity index (χ0v) is 10.2. The molecule has 0 amide bonds. The first kappa shape index (κ1) is 11.8. The summed E-state index contributed by atoms with van der Waals surface area (Å²) < 4.78 is 0. The summed E-state index contributed by atoms with van der Waals surface area (Å²) in [6.45, 7) is 2.00. The minimum atomic E-state index is -1.21. The van der Waals surface area contributed by atoms with E-state index >= 15 is 0 Å². The van der Waals surface area contributed by atoms with E-state index in [1.54, 1.807) is 0 Å². The van der Waals surface area contributed by atoms with Gasteiger partial charge >= 0.3 is 40.5 Å². The van der Waals surface area contributed by atoms with Crippen molar-refractivity contribution in [2.24, 2.45) is 0 Å². The molecule has 0 rings (SSSR count). The molecule has 0 N–H and O–H groups in total. The SMILES string of the molecule is C[CH2][Al]([Cl])[Cl].[Cl][W]. The van der Waals surface area contributed by atoms with Gasteiger partial charge in [-0.15, -0.1) is 0 Å². The summed E-state index contributed by atoms with van der Waals surface area (Å²) in [5.41, 5.74) is 0. The van der Waals surface area contributed by atoms with Gasteiger partial charge in [-0.25, -0.2) is 20.1 Å². The molecule has 0 unspecified atom stereocenters. The van der Waals surface area contributed by atoms with Crippen molar-refractivity contribution in [1.82, 2.24) is 0 Å². The van der Waals surface area contributed by atoms with Crippen molar-refractivity contribution in [2.75, 3.05) is 0 Å². The Labute approximate surface area is 72.1 Å². The van der Waals surface area contributed by atoms with Crippen LogP contribution in [0.25, 0.3) is 0 Å². The van der Waals surface area contributed by atoms with Crippen LogP contribution >= 0.6 is 29.5 Å². The Morgan fingerprint density at radius 1 is 1.43 bits per heavy atom. The quantitative estimate of drug-likeness (QED) is 0.641. The Morgan fingerprint density at radius 3 is 1.57 bits per heavy atom. The monoisotopic (exact) mass is 345 g/mol. The molecule has 0 bridgehead atoms. The zero-order chi connectivity index (χ0) is 6.28. The van der Waals surface area contributed by atoms with Crippen molar-refractivity contribution in [2.45, 2.75) is 12.2 Å². The fourth-order valence-corrected chi connectivity index (χ4v) is 0. The van der Waals surface area contributed by atoms with Gasteiger partial charge in [-0.3, -0.25) is 0 Å². The van der Waals surface area contributed by atoms with E-state index in [0.717, 1.165) is 24.1 Å². The van der Waals surface area contributed by atoms with Crippen LogP contribution in [-0.4, -0.2) is 12.3 Å². The van der Waals surface area contributed by atoms with Gasteiger partial charge in [0.1, 0.15) is 0 Å². The number of halogens is 3. The second-order valence-electron chi connectivity index (χ2n) is 0.799. The van der Waals surface area contributed by atoms with Gasteiger partial charge in [-0.05, 0) is 0 Å². The summed E-state index contributed by atoms with van der Waals surface area (Å²) in [6, 6.07) is 0. The summed E-state index contributed by atoms with van der Waals surface area (Å²) in [5, 5.41) is 0.975. The third-order valence-electron chi connectivity index (χ3n) is 0.309. The summed E-state index contributed by atoms with van der Waals surface area (Å²) in [4.78, 5) is 0. The maximum absolute atomic E-state index is 5.37. The van der Waals surface area contributed by atoms with E-state index < -0.39 is 12.3 Å². The molecule has 0 saturated carbocycles. The third kappa shape index (κ3) is 17.9. The zero-order valence-electron chi connectivity index (χ0n) is 3.83. The fourth-order valence-electron chi connectivity index (χ4n) is 0. The molecule has 7 heavy (non-hydrogen) atoms. The van der Waals surface area contributed by atoms with Crippen LogP contribution in [0.2, 0.25) is 5.28 Å². The molecule has 0 atom stereocenters. The van der Waals surface area contributed by atoms with Gasteiger partial charge in [0, 0.05) is 0 Å². The van der Waals surface area contributed by atoms with Crippen LogP contribution in [0.5, 0.6) is 0 Å². The van der Waals surface area contributed by atoms with Crippen molar-refractivity contribution in [1.29, 1.82) is 0 Å². The molecule has 43 valence electrons. The Bertz CT molecular complexity index is 26.9. The molecule has 0 saturated heterocycles. The average molecular weight is 346 g/mol. The first-order valence-electron chi connectivity index (χ1n) is 1.71. The summed E-state index contributed by atoms with van der Waals surface area (Å²) in [7, 11) is 15.5. The maximum atomic E-state index is 5.37. The van der Waals surface area contributed by atoms with Crippen LogP contribution in [0.3, 0.4) is 0 Å². The molecule has 0 aliphatic heterocycles. The molecule has 0 aliphatic carbocycles. The van der Waals surface area contributed by atoms with Crippen LogP contribution < -0.4 is 0 Å². The van der Waals surface area contributed by atoms with Gasteiger partial charge in [-0.2, -0.15) is 0 Å². The molecule has 0 aromatic rings. The third-order valence-corrected chi connectivity index (χ3v) is 2.78. The molecular formula is C2H5AlCl3W. The molecule has 0 nitrogen and oxygen atoms in total. The van der Waals surface area contributed by atoms with Crippen molar-refractivity contribution < 1.29 is 18.8 Å². The Morgan fingerprint density at radius 2 is 1.57 bits per heavy atom. The molecule has 0 heterocycles. The van der Waals surface area contributed by atoms with Crippen LogP contribution in [0, 0.1) is 0 Å². The summed E-state index contributed by atoms with van der Waals surface area (Å²) in [6.07, 6.45) is 0. The molecule has 0 fully saturated rings. The summed E-state index contributed by atoms with van der Waals surface area (Å²) in [5.74, 6) is 0. The van der Waals surface area contributed by atoms with E-state index in [1.807, 2.05) is 6.92 Å². The fraction of sp³-hybridized carbons (Fsp3) is 1.00. The van der Waals surface area contributed by atoms with Crippen molar-refractivity contribution in [3.8, 4) is 0 Å². The molecular weight excluding hydrogens is 341 g/mol. The van der Waals surface area contributed by atoms with Crippen LogP contribution in [0.15, 0.2) is 0 Å². The van der Waals surface area contributed by atoms with Crippen LogP contribution in [-0.2, 0) is 18.8 Å². The topological polar surface area (TPSA) is 0 Å². The van der Waals surface area contributed by atoms with Gasteiger partial charge in [-0.1, -0.05) is 12.2 Å². The molecule has 0 spiro atoms. The van der Waals surface area contributed by atoms with Crippen molar-refractivity contribution >= 4 is 41.8 Å². The molecule has 0 aromatic heterocycles. The first-order chi connectivity index (χ1) is 3.27. The van der Waals surface area contributed by atoms with E-state index in [1.165, 1.54) is 0 Å². The number of hydrogen-bond acceptors (Lipinski definition) is 0. The molecule has 5 heteroatoms. The summed E-state index contributed by atoms with van der Waals surface area (Å²) >= 11 is -0.150. The van der Waals surface area contributed by atoms with E-state index in [-0.39, 0.29) is 0 Å². The van der Waals surface area contributed by atoms with Gasteiger partial charge < -0.3 is 0 Å². The Kier molecular flexibility index (Phi) is 18.5. The Balaban J connectivity index is 0. The second-order valence-corrected chi connectivity index (χ2v) is 6.23. The van der Waals surface area contributed by atoms with Gasteiger partial charge in [0.25, 0.3) is 0 Å². The van der Waals surface area contributed by atoms with Gasteiger partial charge in [0.15, 0.2) is 0 Å². The van der Waals surface area contributed by atoms with Crippen molar-refractivity contribution in [3.05, 3.63) is 0 Å². The molecule has 0 radical (unpaired) electrons. The standard InChI is InChI=1S/C2H5.Al.3ClH.W/c1-2;;;;;/h1H2,2H3;;3*1H;/q;+2;;;;+1/p-3.